The fourth-order valence-electron chi connectivity index (χ4n) is 1.91. The highest BCUT2D eigenvalue weighted by Gasteiger charge is 2.30. The highest BCUT2D eigenvalue weighted by atomic mass is 32.1. The number of halogens is 3. The van der Waals surface area contributed by atoms with E-state index in [0.717, 1.165) is 16.9 Å². The van der Waals surface area contributed by atoms with Gasteiger partial charge in [0.05, 0.1) is 6.10 Å². The Morgan fingerprint density at radius 2 is 1.81 bits per heavy atom. The predicted octanol–water partition coefficient (Wildman–Crippen LogP) is 4.49. The summed E-state index contributed by atoms with van der Waals surface area (Å²) in [6.45, 7) is 2.04. The van der Waals surface area contributed by atoms with Gasteiger partial charge < -0.3 is 9.84 Å². The van der Waals surface area contributed by atoms with E-state index >= 15 is 0 Å². The third-order valence-corrected chi connectivity index (χ3v) is 4.28. The van der Waals surface area contributed by atoms with Crippen LogP contribution in [0.15, 0.2) is 36.4 Å². The SMILES string of the molecule is CCc1ccc(C(O)Cc2ccc(OC(F)(F)F)cc2)s1. The van der Waals surface area contributed by atoms with Crippen LogP contribution >= 0.6 is 11.3 Å². The summed E-state index contributed by atoms with van der Waals surface area (Å²) in [6, 6.07) is 9.42. The quantitative estimate of drug-likeness (QED) is 0.881. The van der Waals surface area contributed by atoms with Crippen LogP contribution in [0, 0.1) is 0 Å². The average Bonchev–Trinajstić information content (AvgIpc) is 2.88. The number of benzene rings is 1. The summed E-state index contributed by atoms with van der Waals surface area (Å²) in [6.07, 6.45) is -4.06. The van der Waals surface area contributed by atoms with Gasteiger partial charge in [-0.2, -0.15) is 0 Å². The lowest BCUT2D eigenvalue weighted by atomic mass is 10.1. The molecule has 0 fully saturated rings. The zero-order valence-electron chi connectivity index (χ0n) is 11.4. The summed E-state index contributed by atoms with van der Waals surface area (Å²) >= 11 is 1.55. The molecule has 114 valence electrons. The third kappa shape index (κ3) is 4.75. The smallest absolute Gasteiger partial charge is 0.406 e. The van der Waals surface area contributed by atoms with Crippen LogP contribution in [0.25, 0.3) is 0 Å². The van der Waals surface area contributed by atoms with Crippen molar-refractivity contribution in [2.24, 2.45) is 0 Å². The van der Waals surface area contributed by atoms with Crippen molar-refractivity contribution in [3.8, 4) is 5.75 Å². The number of thiophene rings is 1. The number of rotatable bonds is 5. The van der Waals surface area contributed by atoms with Crippen LogP contribution in [-0.2, 0) is 12.8 Å². The molecule has 6 heteroatoms. The number of alkyl halides is 3. The number of hydrogen-bond acceptors (Lipinski definition) is 3. The van der Waals surface area contributed by atoms with Crippen LogP contribution in [0.3, 0.4) is 0 Å². The van der Waals surface area contributed by atoms with E-state index in [4.69, 9.17) is 0 Å². The van der Waals surface area contributed by atoms with Crippen molar-refractivity contribution in [3.63, 3.8) is 0 Å². The molecule has 1 N–H and O–H groups in total. The second-order valence-electron chi connectivity index (χ2n) is 4.57. The normalized spacial score (nSPS) is 13.2. The van der Waals surface area contributed by atoms with Crippen LogP contribution in [0.5, 0.6) is 5.75 Å². The standard InChI is InChI=1S/C15H15F3O2S/c1-2-12-7-8-14(21-12)13(19)9-10-3-5-11(6-4-10)20-15(16,17)18/h3-8,13,19H,2,9H2,1H3. The minimum atomic E-state index is -4.69. The van der Waals surface area contributed by atoms with E-state index in [1.54, 1.807) is 11.3 Å². The molecule has 1 aromatic heterocycles. The highest BCUT2D eigenvalue weighted by Crippen LogP contribution is 2.28. The first-order chi connectivity index (χ1) is 9.87. The first-order valence-electron chi connectivity index (χ1n) is 6.48. The topological polar surface area (TPSA) is 29.5 Å². The van der Waals surface area contributed by atoms with Gasteiger partial charge in [-0.3, -0.25) is 0 Å². The molecule has 0 spiro atoms. The zero-order chi connectivity index (χ0) is 15.5. The monoisotopic (exact) mass is 316 g/mol. The molecule has 0 radical (unpaired) electrons. The molecule has 1 unspecified atom stereocenters. The fraction of sp³-hybridized carbons (Fsp3) is 0.333. The van der Waals surface area contributed by atoms with Crippen molar-refractivity contribution in [2.75, 3.05) is 0 Å². The number of aryl methyl sites for hydroxylation is 1. The summed E-state index contributed by atoms with van der Waals surface area (Å²) in [5.41, 5.74) is 0.753. The lowest BCUT2D eigenvalue weighted by Gasteiger charge is -2.11. The molecule has 21 heavy (non-hydrogen) atoms. The summed E-state index contributed by atoms with van der Waals surface area (Å²) in [5, 5.41) is 10.1. The minimum absolute atomic E-state index is 0.259. The first kappa shape index (κ1) is 15.9. The largest absolute Gasteiger partial charge is 0.573 e. The van der Waals surface area contributed by atoms with E-state index in [-0.39, 0.29) is 5.75 Å². The maximum Gasteiger partial charge on any atom is 0.573 e. The van der Waals surface area contributed by atoms with Crippen molar-refractivity contribution in [1.29, 1.82) is 0 Å². The Morgan fingerprint density at radius 1 is 1.14 bits per heavy atom. The highest BCUT2D eigenvalue weighted by molar-refractivity contribution is 7.12. The van der Waals surface area contributed by atoms with Gasteiger partial charge in [0.1, 0.15) is 5.75 Å². The van der Waals surface area contributed by atoms with E-state index in [1.165, 1.54) is 29.1 Å². The van der Waals surface area contributed by atoms with E-state index < -0.39 is 12.5 Å². The van der Waals surface area contributed by atoms with Crippen LogP contribution in [0.2, 0.25) is 0 Å². The molecule has 0 saturated carbocycles. The number of ether oxygens (including phenoxy) is 1. The van der Waals surface area contributed by atoms with E-state index in [1.807, 2.05) is 19.1 Å². The Morgan fingerprint density at radius 3 is 2.33 bits per heavy atom. The molecule has 0 saturated heterocycles. The van der Waals surface area contributed by atoms with E-state index in [0.29, 0.717) is 6.42 Å². The fourth-order valence-corrected chi connectivity index (χ4v) is 2.85. The Balaban J connectivity index is 1.99. The van der Waals surface area contributed by atoms with Gasteiger partial charge in [-0.15, -0.1) is 24.5 Å². The summed E-state index contributed by atoms with van der Waals surface area (Å²) < 4.78 is 39.9. The maximum absolute atomic E-state index is 12.0. The first-order valence-corrected chi connectivity index (χ1v) is 7.30. The lowest BCUT2D eigenvalue weighted by molar-refractivity contribution is -0.274. The molecule has 1 heterocycles. The molecule has 0 aliphatic carbocycles. The number of hydrogen-bond donors (Lipinski definition) is 1. The van der Waals surface area contributed by atoms with Crippen LogP contribution in [-0.4, -0.2) is 11.5 Å². The Hall–Kier alpha value is -1.53. The maximum atomic E-state index is 12.0. The van der Waals surface area contributed by atoms with Crippen LogP contribution in [0.4, 0.5) is 13.2 Å². The molecule has 2 rings (SSSR count). The van der Waals surface area contributed by atoms with Crippen molar-refractivity contribution < 1.29 is 23.0 Å². The molecule has 2 nitrogen and oxygen atoms in total. The number of aliphatic hydroxyl groups excluding tert-OH is 1. The van der Waals surface area contributed by atoms with E-state index in [9.17, 15) is 18.3 Å². The van der Waals surface area contributed by atoms with Crippen molar-refractivity contribution in [3.05, 3.63) is 51.7 Å². The molecule has 0 bridgehead atoms. The summed E-state index contributed by atoms with van der Waals surface area (Å²) in [4.78, 5) is 2.06. The third-order valence-electron chi connectivity index (χ3n) is 2.95. The van der Waals surface area contributed by atoms with Gasteiger partial charge in [0.15, 0.2) is 0 Å². The van der Waals surface area contributed by atoms with Gasteiger partial charge in [-0.1, -0.05) is 19.1 Å². The Bertz CT molecular complexity index is 575. The van der Waals surface area contributed by atoms with Crippen LogP contribution in [0.1, 0.15) is 28.3 Å². The van der Waals surface area contributed by atoms with Gasteiger partial charge >= 0.3 is 6.36 Å². The lowest BCUT2D eigenvalue weighted by Crippen LogP contribution is -2.17. The molecular formula is C15H15F3O2S. The van der Waals surface area contributed by atoms with Crippen molar-refractivity contribution in [1.82, 2.24) is 0 Å². The van der Waals surface area contributed by atoms with Gasteiger partial charge in [0.2, 0.25) is 0 Å². The van der Waals surface area contributed by atoms with E-state index in [2.05, 4.69) is 4.74 Å². The minimum Gasteiger partial charge on any atom is -0.406 e. The number of aliphatic hydroxyl groups is 1. The molecular weight excluding hydrogens is 301 g/mol. The summed E-state index contributed by atoms with van der Waals surface area (Å²) in [7, 11) is 0. The molecule has 1 atom stereocenters. The molecule has 2 aromatic rings. The second-order valence-corrected chi connectivity index (χ2v) is 5.77. The van der Waals surface area contributed by atoms with Crippen LogP contribution < -0.4 is 4.74 Å². The second kappa shape index (κ2) is 6.49. The van der Waals surface area contributed by atoms with Crippen molar-refractivity contribution in [2.45, 2.75) is 32.2 Å². The Kier molecular flexibility index (Phi) is 4.90. The predicted molar refractivity (Wildman–Crippen MR) is 75.5 cm³/mol. The average molecular weight is 316 g/mol. The zero-order valence-corrected chi connectivity index (χ0v) is 12.2. The van der Waals surface area contributed by atoms with Gasteiger partial charge in [-0.25, -0.2) is 0 Å². The Labute approximate surface area is 124 Å². The van der Waals surface area contributed by atoms with Crippen molar-refractivity contribution >= 4 is 11.3 Å². The molecule has 1 aromatic carbocycles. The van der Waals surface area contributed by atoms with Gasteiger partial charge in [0, 0.05) is 16.2 Å². The molecule has 0 amide bonds. The van der Waals surface area contributed by atoms with Gasteiger partial charge in [0.25, 0.3) is 0 Å². The molecule has 0 aliphatic heterocycles. The van der Waals surface area contributed by atoms with Gasteiger partial charge in [-0.05, 0) is 36.2 Å². The molecule has 0 aliphatic rings. The summed E-state index contributed by atoms with van der Waals surface area (Å²) in [5.74, 6) is -0.259.